The molecule has 1 aromatic heterocycles. The van der Waals surface area contributed by atoms with E-state index in [1.54, 1.807) is 4.90 Å². The van der Waals surface area contributed by atoms with Gasteiger partial charge >= 0.3 is 0 Å². The number of carbonyl (C=O) groups is 2. The first-order valence-corrected chi connectivity index (χ1v) is 9.61. The minimum absolute atomic E-state index is 0.0651. The molecule has 4 rings (SSSR count). The Hall–Kier alpha value is -2.70. The Balaban J connectivity index is 1.36. The highest BCUT2D eigenvalue weighted by Crippen LogP contribution is 2.38. The molecule has 27 heavy (non-hydrogen) atoms. The molecule has 0 spiro atoms. The molecule has 1 atom stereocenters. The summed E-state index contributed by atoms with van der Waals surface area (Å²) in [5.74, 6) is 2.25. The van der Waals surface area contributed by atoms with Crippen LogP contribution in [0.3, 0.4) is 0 Å². The van der Waals surface area contributed by atoms with Crippen molar-refractivity contribution in [2.45, 2.75) is 39.0 Å². The highest BCUT2D eigenvalue weighted by molar-refractivity contribution is 5.97. The molecule has 0 bridgehead atoms. The largest absolute Gasteiger partial charge is 0.342 e. The van der Waals surface area contributed by atoms with Gasteiger partial charge in [0.2, 0.25) is 11.8 Å². The molecule has 2 aliphatic rings. The van der Waals surface area contributed by atoms with Crippen molar-refractivity contribution in [2.24, 2.45) is 11.8 Å². The maximum Gasteiger partial charge on any atom is 0.229 e. The average molecular weight is 367 g/mol. The highest BCUT2D eigenvalue weighted by atomic mass is 16.2. The third-order valence-electron chi connectivity index (χ3n) is 5.05. The molecule has 7 nitrogen and oxygen atoms in total. The molecule has 7 heteroatoms. The van der Waals surface area contributed by atoms with Crippen LogP contribution in [-0.2, 0) is 9.59 Å². The van der Waals surface area contributed by atoms with E-state index in [2.05, 4.69) is 34.3 Å². The summed E-state index contributed by atoms with van der Waals surface area (Å²) in [6, 6.07) is 7.51. The molecule has 1 aliphatic heterocycles. The van der Waals surface area contributed by atoms with E-state index in [4.69, 9.17) is 0 Å². The average Bonchev–Trinajstić information content (AvgIpc) is 3.26. The van der Waals surface area contributed by atoms with E-state index in [0.717, 1.165) is 17.1 Å². The summed E-state index contributed by atoms with van der Waals surface area (Å²) in [4.78, 5) is 30.9. The number of nitrogens with zero attached hydrogens (tertiary/aromatic N) is 3. The van der Waals surface area contributed by atoms with Crippen LogP contribution in [0.5, 0.6) is 0 Å². The maximum absolute atomic E-state index is 12.5. The van der Waals surface area contributed by atoms with E-state index in [9.17, 15) is 9.59 Å². The number of aromatic amines is 1. The van der Waals surface area contributed by atoms with Crippen molar-refractivity contribution >= 4 is 17.5 Å². The molecule has 2 aromatic rings. The monoisotopic (exact) mass is 367 g/mol. The Morgan fingerprint density at radius 2 is 2.04 bits per heavy atom. The minimum Gasteiger partial charge on any atom is -0.342 e. The van der Waals surface area contributed by atoms with Crippen LogP contribution in [-0.4, -0.2) is 45.0 Å². The molecule has 2 fully saturated rings. The molecule has 0 radical (unpaired) electrons. The lowest BCUT2D eigenvalue weighted by Crippen LogP contribution is -2.31. The van der Waals surface area contributed by atoms with Gasteiger partial charge in [-0.2, -0.15) is 5.10 Å². The first-order chi connectivity index (χ1) is 13.0. The zero-order valence-electron chi connectivity index (χ0n) is 15.7. The molecule has 0 unspecified atom stereocenters. The number of likely N-dealkylation sites (tertiary alicyclic amines) is 1. The quantitative estimate of drug-likeness (QED) is 0.821. The van der Waals surface area contributed by atoms with Gasteiger partial charge in [0.1, 0.15) is 5.82 Å². The number of benzene rings is 1. The molecule has 1 saturated heterocycles. The van der Waals surface area contributed by atoms with Crippen LogP contribution in [0.25, 0.3) is 11.4 Å². The molecule has 1 saturated carbocycles. The van der Waals surface area contributed by atoms with Gasteiger partial charge in [-0.15, -0.1) is 0 Å². The van der Waals surface area contributed by atoms with Crippen LogP contribution in [0.2, 0.25) is 0 Å². The first kappa shape index (κ1) is 17.7. The predicted molar refractivity (Wildman–Crippen MR) is 102 cm³/mol. The molecule has 2 N–H and O–H groups in total. The first-order valence-electron chi connectivity index (χ1n) is 9.61. The van der Waals surface area contributed by atoms with Crippen molar-refractivity contribution in [1.29, 1.82) is 0 Å². The molecule has 1 aliphatic carbocycles. The summed E-state index contributed by atoms with van der Waals surface area (Å²) in [5, 5.41) is 10.2. The number of hydrogen-bond acceptors (Lipinski definition) is 4. The number of hydrogen-bond donors (Lipinski definition) is 2. The third kappa shape index (κ3) is 4.02. The fourth-order valence-electron chi connectivity index (χ4n) is 3.45. The fourth-order valence-corrected chi connectivity index (χ4v) is 3.45. The van der Waals surface area contributed by atoms with Gasteiger partial charge in [0.05, 0.1) is 5.92 Å². The van der Waals surface area contributed by atoms with Crippen LogP contribution in [0.15, 0.2) is 24.3 Å². The molecule has 1 aromatic carbocycles. The van der Waals surface area contributed by atoms with Crippen LogP contribution in [0.4, 0.5) is 5.69 Å². The lowest BCUT2D eigenvalue weighted by atomic mass is 10.1. The molecule has 2 amide bonds. The summed E-state index contributed by atoms with van der Waals surface area (Å²) in [7, 11) is 0. The molecular weight excluding hydrogens is 342 g/mol. The van der Waals surface area contributed by atoms with Gasteiger partial charge in [0, 0.05) is 36.7 Å². The summed E-state index contributed by atoms with van der Waals surface area (Å²) in [5.41, 5.74) is 1.63. The SMILES string of the molecule is CC(C)CN1C[C@@H](C(=O)Nc2ccc(-c3n[nH]c(C4CC4)n3)cc2)CC1=O. The topological polar surface area (TPSA) is 91.0 Å². The normalized spacial score (nSPS) is 19.7. The Labute approximate surface area is 158 Å². The summed E-state index contributed by atoms with van der Waals surface area (Å²) in [6.45, 7) is 5.35. The Morgan fingerprint density at radius 3 is 2.70 bits per heavy atom. The molecule has 142 valence electrons. The zero-order valence-corrected chi connectivity index (χ0v) is 15.7. The summed E-state index contributed by atoms with van der Waals surface area (Å²) < 4.78 is 0. The van der Waals surface area contributed by atoms with E-state index >= 15 is 0 Å². The van der Waals surface area contributed by atoms with Crippen LogP contribution in [0.1, 0.15) is 44.9 Å². The van der Waals surface area contributed by atoms with Crippen molar-refractivity contribution in [3.63, 3.8) is 0 Å². The second-order valence-electron chi connectivity index (χ2n) is 7.98. The minimum atomic E-state index is -0.287. The number of rotatable bonds is 6. The van der Waals surface area contributed by atoms with E-state index in [1.165, 1.54) is 12.8 Å². The Morgan fingerprint density at radius 1 is 1.30 bits per heavy atom. The number of anilines is 1. The number of nitrogens with one attached hydrogen (secondary N) is 2. The highest BCUT2D eigenvalue weighted by Gasteiger charge is 2.34. The molecule has 2 heterocycles. The van der Waals surface area contributed by atoms with Gasteiger partial charge in [-0.25, -0.2) is 4.98 Å². The molecular formula is C20H25N5O2. The second kappa shape index (κ2) is 7.13. The van der Waals surface area contributed by atoms with E-state index in [1.807, 2.05) is 24.3 Å². The summed E-state index contributed by atoms with van der Waals surface area (Å²) in [6.07, 6.45) is 2.65. The fraction of sp³-hybridized carbons (Fsp3) is 0.500. The number of aromatic nitrogens is 3. The lowest BCUT2D eigenvalue weighted by Gasteiger charge is -2.18. The Bertz CT molecular complexity index is 838. The maximum atomic E-state index is 12.5. The lowest BCUT2D eigenvalue weighted by molar-refractivity contribution is -0.128. The number of amides is 2. The van der Waals surface area contributed by atoms with Crippen molar-refractivity contribution in [3.05, 3.63) is 30.1 Å². The van der Waals surface area contributed by atoms with Crippen LogP contribution < -0.4 is 5.32 Å². The summed E-state index contributed by atoms with van der Waals surface area (Å²) >= 11 is 0. The van der Waals surface area contributed by atoms with Gasteiger partial charge < -0.3 is 10.2 Å². The van der Waals surface area contributed by atoms with Gasteiger partial charge in [0.25, 0.3) is 0 Å². The smallest absolute Gasteiger partial charge is 0.229 e. The van der Waals surface area contributed by atoms with Crippen molar-refractivity contribution in [3.8, 4) is 11.4 Å². The van der Waals surface area contributed by atoms with Crippen molar-refractivity contribution in [2.75, 3.05) is 18.4 Å². The second-order valence-corrected chi connectivity index (χ2v) is 7.98. The van der Waals surface area contributed by atoms with Gasteiger partial charge in [0.15, 0.2) is 5.82 Å². The third-order valence-corrected chi connectivity index (χ3v) is 5.05. The number of carbonyl (C=O) groups excluding carboxylic acids is 2. The predicted octanol–water partition coefficient (Wildman–Crippen LogP) is 2.79. The van der Waals surface area contributed by atoms with Gasteiger partial charge in [-0.1, -0.05) is 13.8 Å². The van der Waals surface area contributed by atoms with Crippen molar-refractivity contribution < 1.29 is 9.59 Å². The number of H-pyrrole nitrogens is 1. The van der Waals surface area contributed by atoms with Gasteiger partial charge in [-0.3, -0.25) is 14.7 Å². The van der Waals surface area contributed by atoms with Gasteiger partial charge in [-0.05, 0) is 43.0 Å². The zero-order chi connectivity index (χ0) is 19.0. The van der Waals surface area contributed by atoms with Crippen LogP contribution in [0, 0.1) is 11.8 Å². The van der Waals surface area contributed by atoms with E-state index in [0.29, 0.717) is 30.7 Å². The standard InChI is InChI=1S/C20H25N5O2/c1-12(2)10-25-11-15(9-17(25)26)20(27)21-16-7-5-14(6-8-16)19-22-18(23-24-19)13-3-4-13/h5-8,12-13,15H,3-4,9-11H2,1-2H3,(H,21,27)(H,22,23,24)/t15-/m0/s1. The van der Waals surface area contributed by atoms with Crippen molar-refractivity contribution in [1.82, 2.24) is 20.1 Å². The Kier molecular flexibility index (Phi) is 4.68. The van der Waals surface area contributed by atoms with E-state index in [-0.39, 0.29) is 24.2 Å². The van der Waals surface area contributed by atoms with Crippen LogP contribution >= 0.6 is 0 Å². The van der Waals surface area contributed by atoms with E-state index < -0.39 is 0 Å².